The number of fused-ring (bicyclic) bond motifs is 1. The van der Waals surface area contributed by atoms with Crippen LogP contribution >= 0.6 is 0 Å². The maximum absolute atomic E-state index is 12.9. The van der Waals surface area contributed by atoms with Crippen molar-refractivity contribution in [2.24, 2.45) is 0 Å². The molecule has 0 saturated heterocycles. The van der Waals surface area contributed by atoms with Gasteiger partial charge in [-0.05, 0) is 29.7 Å². The van der Waals surface area contributed by atoms with Crippen LogP contribution in [-0.4, -0.2) is 29.9 Å². The van der Waals surface area contributed by atoms with Crippen LogP contribution in [-0.2, 0) is 22.3 Å². The largest absolute Gasteiger partial charge is 0.491 e. The zero-order chi connectivity index (χ0) is 21.0. The summed E-state index contributed by atoms with van der Waals surface area (Å²) in [6.45, 7) is 0.289. The van der Waals surface area contributed by atoms with Gasteiger partial charge >= 0.3 is 6.18 Å². The summed E-state index contributed by atoms with van der Waals surface area (Å²) >= 11 is 0. The Morgan fingerprint density at radius 3 is 2.52 bits per heavy atom. The molecule has 2 amide bonds. The minimum atomic E-state index is -4.43. The van der Waals surface area contributed by atoms with E-state index in [1.807, 2.05) is 5.92 Å². The van der Waals surface area contributed by atoms with Gasteiger partial charge in [0.15, 0.2) is 0 Å². The summed E-state index contributed by atoms with van der Waals surface area (Å²) in [6, 6.07) is 10.3. The summed E-state index contributed by atoms with van der Waals surface area (Å²) in [4.78, 5) is 26.4. The minimum absolute atomic E-state index is 0.00538. The number of para-hydroxylation sites is 1. The van der Waals surface area contributed by atoms with Crippen molar-refractivity contribution < 1.29 is 27.5 Å². The number of nitrogens with zero attached hydrogens (tertiary/aromatic N) is 1. The molecule has 0 aromatic heterocycles. The maximum Gasteiger partial charge on any atom is 0.416 e. The zero-order valence-corrected chi connectivity index (χ0v) is 15.2. The first kappa shape index (κ1) is 20.3. The molecule has 0 radical (unpaired) electrons. The molecule has 8 heteroatoms. The predicted molar refractivity (Wildman–Crippen MR) is 98.5 cm³/mol. The molecular weight excluding hydrogens is 385 g/mol. The standard InChI is InChI=1S/C21H17F3N2O3/c1-2-18(27)26-11-12-29-17-6-4-3-5-16(17)19(26)20(28)25-13-14-7-9-15(10-8-14)21(22,23)24/h1,3-10,19H,11-13H2,(H,25,28). The van der Waals surface area contributed by atoms with Gasteiger partial charge in [0.25, 0.3) is 5.91 Å². The van der Waals surface area contributed by atoms with Gasteiger partial charge in [-0.2, -0.15) is 13.2 Å². The topological polar surface area (TPSA) is 58.6 Å². The van der Waals surface area contributed by atoms with Gasteiger partial charge in [-0.1, -0.05) is 30.3 Å². The predicted octanol–water partition coefficient (Wildman–Crippen LogP) is 2.92. The number of terminal acetylenes is 1. The van der Waals surface area contributed by atoms with Crippen LogP contribution in [0.2, 0.25) is 0 Å². The Morgan fingerprint density at radius 2 is 1.86 bits per heavy atom. The van der Waals surface area contributed by atoms with E-state index in [0.29, 0.717) is 16.9 Å². The second-order valence-corrected chi connectivity index (χ2v) is 6.34. The van der Waals surface area contributed by atoms with Crippen molar-refractivity contribution >= 4 is 11.8 Å². The Balaban J connectivity index is 1.81. The molecule has 2 aromatic rings. The second kappa shape index (κ2) is 8.27. The van der Waals surface area contributed by atoms with E-state index in [0.717, 1.165) is 12.1 Å². The van der Waals surface area contributed by atoms with Gasteiger partial charge in [0.1, 0.15) is 18.4 Å². The molecule has 0 aliphatic carbocycles. The molecule has 29 heavy (non-hydrogen) atoms. The molecule has 0 fully saturated rings. The lowest BCUT2D eigenvalue weighted by Gasteiger charge is -2.27. The average molecular weight is 402 g/mol. The van der Waals surface area contributed by atoms with Gasteiger partial charge in [-0.15, -0.1) is 6.42 Å². The summed E-state index contributed by atoms with van der Waals surface area (Å²) in [5.41, 5.74) is 0.200. The monoisotopic (exact) mass is 402 g/mol. The summed E-state index contributed by atoms with van der Waals surface area (Å²) in [7, 11) is 0. The second-order valence-electron chi connectivity index (χ2n) is 6.34. The smallest absolute Gasteiger partial charge is 0.416 e. The number of hydrogen-bond acceptors (Lipinski definition) is 3. The van der Waals surface area contributed by atoms with Gasteiger partial charge < -0.3 is 15.0 Å². The van der Waals surface area contributed by atoms with Crippen LogP contribution in [0.4, 0.5) is 13.2 Å². The van der Waals surface area contributed by atoms with Gasteiger partial charge in [-0.25, -0.2) is 0 Å². The number of carbonyl (C=O) groups excluding carboxylic acids is 2. The molecule has 1 unspecified atom stereocenters. The number of benzene rings is 2. The summed E-state index contributed by atoms with van der Waals surface area (Å²) in [6.07, 6.45) is 0.816. The van der Waals surface area contributed by atoms with E-state index in [2.05, 4.69) is 5.32 Å². The lowest BCUT2D eigenvalue weighted by Crippen LogP contribution is -2.43. The fourth-order valence-electron chi connectivity index (χ4n) is 3.07. The number of nitrogens with one attached hydrogen (secondary N) is 1. The Labute approximate surface area is 165 Å². The van der Waals surface area contributed by atoms with Crippen molar-refractivity contribution in [2.45, 2.75) is 18.8 Å². The first-order valence-corrected chi connectivity index (χ1v) is 8.74. The first-order chi connectivity index (χ1) is 13.8. The van der Waals surface area contributed by atoms with Gasteiger partial charge in [0.05, 0.1) is 12.1 Å². The highest BCUT2D eigenvalue weighted by molar-refractivity contribution is 5.97. The number of hydrogen-bond donors (Lipinski definition) is 1. The maximum atomic E-state index is 12.9. The molecule has 1 atom stereocenters. The number of halogens is 3. The van der Waals surface area contributed by atoms with E-state index >= 15 is 0 Å². The molecular formula is C21H17F3N2O3. The van der Waals surface area contributed by atoms with Crippen LogP contribution in [0.1, 0.15) is 22.7 Å². The van der Waals surface area contributed by atoms with E-state index in [1.165, 1.54) is 17.0 Å². The van der Waals surface area contributed by atoms with Crippen molar-refractivity contribution in [1.29, 1.82) is 0 Å². The highest BCUT2D eigenvalue weighted by Crippen LogP contribution is 2.32. The van der Waals surface area contributed by atoms with E-state index in [-0.39, 0.29) is 19.7 Å². The molecule has 1 aliphatic heterocycles. The van der Waals surface area contributed by atoms with E-state index in [4.69, 9.17) is 11.2 Å². The molecule has 1 N–H and O–H groups in total. The van der Waals surface area contributed by atoms with Crippen molar-refractivity contribution in [2.75, 3.05) is 13.2 Å². The fraction of sp³-hybridized carbons (Fsp3) is 0.238. The molecule has 0 saturated carbocycles. The van der Waals surface area contributed by atoms with Crippen LogP contribution in [0.25, 0.3) is 0 Å². The van der Waals surface area contributed by atoms with Crippen molar-refractivity contribution in [3.05, 3.63) is 65.2 Å². The Bertz CT molecular complexity index is 949. The van der Waals surface area contributed by atoms with Crippen molar-refractivity contribution in [3.63, 3.8) is 0 Å². The molecule has 3 rings (SSSR count). The lowest BCUT2D eigenvalue weighted by molar-refractivity contribution is -0.137. The third-order valence-corrected chi connectivity index (χ3v) is 4.50. The van der Waals surface area contributed by atoms with E-state index in [9.17, 15) is 22.8 Å². The lowest BCUT2D eigenvalue weighted by atomic mass is 10.0. The Morgan fingerprint density at radius 1 is 1.17 bits per heavy atom. The first-order valence-electron chi connectivity index (χ1n) is 8.74. The summed E-state index contributed by atoms with van der Waals surface area (Å²) in [5.74, 6) is 1.32. The SMILES string of the molecule is C#CC(=O)N1CCOc2ccccc2C1C(=O)NCc1ccc(C(F)(F)F)cc1. The number of alkyl halides is 3. The number of amides is 2. The minimum Gasteiger partial charge on any atom is -0.491 e. The van der Waals surface area contributed by atoms with E-state index in [1.54, 1.807) is 24.3 Å². The summed E-state index contributed by atoms with van der Waals surface area (Å²) < 4.78 is 43.6. The quantitative estimate of drug-likeness (QED) is 0.804. The normalized spacial score (nSPS) is 16.1. The Kier molecular flexibility index (Phi) is 5.78. The summed E-state index contributed by atoms with van der Waals surface area (Å²) in [5, 5.41) is 2.67. The van der Waals surface area contributed by atoms with Gasteiger partial charge in [-0.3, -0.25) is 9.59 Å². The zero-order valence-electron chi connectivity index (χ0n) is 15.2. The molecule has 5 nitrogen and oxygen atoms in total. The fourth-order valence-corrected chi connectivity index (χ4v) is 3.07. The van der Waals surface area contributed by atoms with Gasteiger partial charge in [0.2, 0.25) is 5.91 Å². The number of rotatable bonds is 3. The molecule has 0 spiro atoms. The number of ether oxygens (including phenoxy) is 1. The molecule has 1 heterocycles. The third-order valence-electron chi connectivity index (χ3n) is 4.50. The Hall–Kier alpha value is -3.47. The average Bonchev–Trinajstić information content (AvgIpc) is 2.90. The van der Waals surface area contributed by atoms with Crippen LogP contribution < -0.4 is 10.1 Å². The molecule has 2 aromatic carbocycles. The van der Waals surface area contributed by atoms with Crippen LogP contribution in [0.3, 0.4) is 0 Å². The highest BCUT2D eigenvalue weighted by atomic mass is 19.4. The van der Waals surface area contributed by atoms with Crippen LogP contribution in [0.15, 0.2) is 48.5 Å². The van der Waals surface area contributed by atoms with Crippen LogP contribution in [0, 0.1) is 12.3 Å². The van der Waals surface area contributed by atoms with Crippen molar-refractivity contribution in [3.8, 4) is 18.1 Å². The van der Waals surface area contributed by atoms with Gasteiger partial charge in [0, 0.05) is 12.1 Å². The molecule has 150 valence electrons. The van der Waals surface area contributed by atoms with Crippen LogP contribution in [0.5, 0.6) is 5.75 Å². The highest BCUT2D eigenvalue weighted by Gasteiger charge is 2.35. The third kappa shape index (κ3) is 4.51. The molecule has 1 aliphatic rings. The molecule has 0 bridgehead atoms. The van der Waals surface area contributed by atoms with E-state index < -0.39 is 29.6 Å². The number of carbonyl (C=O) groups is 2. The van der Waals surface area contributed by atoms with Crippen molar-refractivity contribution in [1.82, 2.24) is 10.2 Å².